The maximum atomic E-state index is 12.8. The lowest BCUT2D eigenvalue weighted by atomic mass is 10.2. The molecule has 1 aromatic carbocycles. The average molecular weight is 255 g/mol. The number of H-pyrrole nitrogens is 1. The average Bonchev–Trinajstić information content (AvgIpc) is 2.96. The van der Waals surface area contributed by atoms with Gasteiger partial charge in [-0.25, -0.2) is 9.37 Å². The fourth-order valence-corrected chi connectivity index (χ4v) is 1.64. The highest BCUT2D eigenvalue weighted by molar-refractivity contribution is 5.57. The Kier molecular flexibility index (Phi) is 2.94. The SMILES string of the molecule is Fc1ccc(Oc2ccc(-c3ccn[nH]3)cn2)cc1. The molecule has 19 heavy (non-hydrogen) atoms. The molecule has 1 N–H and O–H groups in total. The lowest BCUT2D eigenvalue weighted by Gasteiger charge is -2.05. The molecule has 3 aromatic rings. The number of pyridine rings is 1. The fraction of sp³-hybridized carbons (Fsp3) is 0. The molecular formula is C14H10FN3O. The normalized spacial score (nSPS) is 10.4. The van der Waals surface area contributed by atoms with Crippen LogP contribution in [0.2, 0.25) is 0 Å². The molecule has 0 unspecified atom stereocenters. The number of halogens is 1. The van der Waals surface area contributed by atoms with Crippen LogP contribution in [-0.2, 0) is 0 Å². The van der Waals surface area contributed by atoms with Crippen molar-refractivity contribution in [2.75, 3.05) is 0 Å². The van der Waals surface area contributed by atoms with Crippen molar-refractivity contribution in [2.45, 2.75) is 0 Å². The predicted octanol–water partition coefficient (Wildman–Crippen LogP) is 3.40. The van der Waals surface area contributed by atoms with Gasteiger partial charge in [-0.1, -0.05) is 0 Å². The molecule has 0 atom stereocenters. The minimum Gasteiger partial charge on any atom is -0.439 e. The molecular weight excluding hydrogens is 245 g/mol. The summed E-state index contributed by atoms with van der Waals surface area (Å²) in [5.74, 6) is 0.702. The summed E-state index contributed by atoms with van der Waals surface area (Å²) in [4.78, 5) is 4.19. The standard InChI is InChI=1S/C14H10FN3O/c15-11-2-4-12(5-3-11)19-14-6-1-10(9-16-14)13-7-8-17-18-13/h1-9H,(H,17,18). The van der Waals surface area contributed by atoms with Gasteiger partial charge in [0, 0.05) is 24.0 Å². The Morgan fingerprint density at radius 3 is 2.47 bits per heavy atom. The van der Waals surface area contributed by atoms with Gasteiger partial charge in [-0.05, 0) is 36.4 Å². The zero-order valence-electron chi connectivity index (χ0n) is 9.88. The molecule has 0 saturated heterocycles. The van der Waals surface area contributed by atoms with Crippen LogP contribution in [0.25, 0.3) is 11.3 Å². The van der Waals surface area contributed by atoms with Gasteiger partial charge in [-0.3, -0.25) is 5.10 Å². The number of benzene rings is 1. The molecule has 4 nitrogen and oxygen atoms in total. The second-order valence-corrected chi connectivity index (χ2v) is 3.91. The summed E-state index contributed by atoms with van der Waals surface area (Å²) >= 11 is 0. The van der Waals surface area contributed by atoms with Crippen molar-refractivity contribution in [3.8, 4) is 22.9 Å². The van der Waals surface area contributed by atoms with Crippen molar-refractivity contribution in [2.24, 2.45) is 0 Å². The third-order valence-electron chi connectivity index (χ3n) is 2.58. The second kappa shape index (κ2) is 4.89. The zero-order chi connectivity index (χ0) is 13.1. The quantitative estimate of drug-likeness (QED) is 0.780. The highest BCUT2D eigenvalue weighted by Gasteiger charge is 2.02. The van der Waals surface area contributed by atoms with E-state index in [1.807, 2.05) is 12.1 Å². The van der Waals surface area contributed by atoms with E-state index in [2.05, 4.69) is 15.2 Å². The minimum absolute atomic E-state index is 0.296. The number of hydrogen-bond acceptors (Lipinski definition) is 3. The molecule has 0 bridgehead atoms. The molecule has 0 aliphatic rings. The van der Waals surface area contributed by atoms with Crippen LogP contribution in [0.4, 0.5) is 4.39 Å². The van der Waals surface area contributed by atoms with E-state index in [1.54, 1.807) is 30.6 Å². The highest BCUT2D eigenvalue weighted by Crippen LogP contribution is 2.22. The number of nitrogens with zero attached hydrogens (tertiary/aromatic N) is 2. The van der Waals surface area contributed by atoms with E-state index < -0.39 is 0 Å². The molecule has 0 fully saturated rings. The van der Waals surface area contributed by atoms with Gasteiger partial charge in [0.05, 0.1) is 5.69 Å². The molecule has 0 aliphatic carbocycles. The Labute approximate surface area is 108 Å². The van der Waals surface area contributed by atoms with Crippen molar-refractivity contribution in [3.63, 3.8) is 0 Å². The monoisotopic (exact) mass is 255 g/mol. The number of hydrogen-bond donors (Lipinski definition) is 1. The van der Waals surface area contributed by atoms with Crippen molar-refractivity contribution in [1.29, 1.82) is 0 Å². The second-order valence-electron chi connectivity index (χ2n) is 3.91. The lowest BCUT2D eigenvalue weighted by molar-refractivity contribution is 0.461. The Bertz CT molecular complexity index is 648. The number of aromatic nitrogens is 3. The summed E-state index contributed by atoms with van der Waals surface area (Å²) in [7, 11) is 0. The van der Waals surface area contributed by atoms with Gasteiger partial charge in [0.1, 0.15) is 11.6 Å². The third-order valence-corrected chi connectivity index (χ3v) is 2.58. The molecule has 0 radical (unpaired) electrons. The summed E-state index contributed by atoms with van der Waals surface area (Å²) < 4.78 is 18.3. The topological polar surface area (TPSA) is 50.8 Å². The number of nitrogens with one attached hydrogen (secondary N) is 1. The number of ether oxygens (including phenoxy) is 1. The van der Waals surface area contributed by atoms with E-state index in [9.17, 15) is 4.39 Å². The summed E-state index contributed by atoms with van der Waals surface area (Å²) in [5.41, 5.74) is 1.81. The van der Waals surface area contributed by atoms with Gasteiger partial charge in [-0.2, -0.15) is 5.10 Å². The molecule has 2 heterocycles. The van der Waals surface area contributed by atoms with Gasteiger partial charge in [0.25, 0.3) is 0 Å². The van der Waals surface area contributed by atoms with Crippen molar-refractivity contribution >= 4 is 0 Å². The highest BCUT2D eigenvalue weighted by atomic mass is 19.1. The summed E-state index contributed by atoms with van der Waals surface area (Å²) in [6.07, 6.45) is 3.37. The fourth-order valence-electron chi connectivity index (χ4n) is 1.64. The van der Waals surface area contributed by atoms with E-state index in [4.69, 9.17) is 4.74 Å². The molecule has 94 valence electrons. The Morgan fingerprint density at radius 1 is 1.00 bits per heavy atom. The van der Waals surface area contributed by atoms with Crippen LogP contribution in [0.5, 0.6) is 11.6 Å². The van der Waals surface area contributed by atoms with Crippen molar-refractivity contribution in [3.05, 3.63) is 60.7 Å². The first kappa shape index (κ1) is 11.4. The number of rotatable bonds is 3. The van der Waals surface area contributed by atoms with Gasteiger partial charge in [0.2, 0.25) is 5.88 Å². The van der Waals surface area contributed by atoms with Crippen LogP contribution in [-0.4, -0.2) is 15.2 Å². The molecule has 0 amide bonds. The van der Waals surface area contributed by atoms with E-state index in [0.717, 1.165) is 11.3 Å². The molecule has 5 heteroatoms. The largest absolute Gasteiger partial charge is 0.439 e. The van der Waals surface area contributed by atoms with Crippen LogP contribution < -0.4 is 4.74 Å². The Hall–Kier alpha value is -2.69. The Morgan fingerprint density at radius 2 is 1.84 bits per heavy atom. The number of aromatic amines is 1. The van der Waals surface area contributed by atoms with Crippen LogP contribution in [0.1, 0.15) is 0 Å². The zero-order valence-corrected chi connectivity index (χ0v) is 9.88. The van der Waals surface area contributed by atoms with Gasteiger partial charge >= 0.3 is 0 Å². The molecule has 3 rings (SSSR count). The maximum absolute atomic E-state index is 12.8. The first-order valence-corrected chi connectivity index (χ1v) is 5.70. The smallest absolute Gasteiger partial charge is 0.219 e. The summed E-state index contributed by atoms with van der Waals surface area (Å²) in [6.45, 7) is 0. The van der Waals surface area contributed by atoms with Gasteiger partial charge < -0.3 is 4.74 Å². The van der Waals surface area contributed by atoms with E-state index >= 15 is 0 Å². The minimum atomic E-state index is -0.296. The van der Waals surface area contributed by atoms with Gasteiger partial charge in [0.15, 0.2) is 0 Å². The van der Waals surface area contributed by atoms with Crippen LogP contribution in [0.3, 0.4) is 0 Å². The molecule has 0 saturated carbocycles. The third kappa shape index (κ3) is 2.60. The van der Waals surface area contributed by atoms with Crippen LogP contribution in [0, 0.1) is 5.82 Å². The first-order chi connectivity index (χ1) is 9.31. The van der Waals surface area contributed by atoms with E-state index in [0.29, 0.717) is 11.6 Å². The van der Waals surface area contributed by atoms with E-state index in [-0.39, 0.29) is 5.82 Å². The first-order valence-electron chi connectivity index (χ1n) is 5.70. The van der Waals surface area contributed by atoms with Crippen LogP contribution in [0.15, 0.2) is 54.9 Å². The lowest BCUT2D eigenvalue weighted by Crippen LogP contribution is -1.88. The van der Waals surface area contributed by atoms with Crippen LogP contribution >= 0.6 is 0 Å². The Balaban J connectivity index is 1.77. The van der Waals surface area contributed by atoms with E-state index in [1.165, 1.54) is 12.1 Å². The molecule has 0 aliphatic heterocycles. The predicted molar refractivity (Wildman–Crippen MR) is 68.3 cm³/mol. The van der Waals surface area contributed by atoms with Crippen molar-refractivity contribution < 1.29 is 9.13 Å². The van der Waals surface area contributed by atoms with Gasteiger partial charge in [-0.15, -0.1) is 0 Å². The molecule has 2 aromatic heterocycles. The van der Waals surface area contributed by atoms with Crippen molar-refractivity contribution in [1.82, 2.24) is 15.2 Å². The summed E-state index contributed by atoms with van der Waals surface area (Å²) in [5, 5.41) is 6.73. The maximum Gasteiger partial charge on any atom is 0.219 e. The summed E-state index contributed by atoms with van der Waals surface area (Å²) in [6, 6.07) is 11.3. The molecule has 0 spiro atoms.